The minimum absolute atomic E-state index is 0.0658. The Labute approximate surface area is 244 Å². The Morgan fingerprint density at radius 3 is 2.00 bits per heavy atom. The number of nitrogens with zero attached hydrogens (tertiary/aromatic N) is 2. The van der Waals surface area contributed by atoms with E-state index < -0.39 is 0 Å². The number of amides is 1. The standard InChI is InChI=1S/C37H41N3O/c1-4-15-28-22-24-31(25-23-28)38-37(41)36-35(34(29-16-7-5-8-17-29)30-18-9-6-10-19-30)32-20-11-12-21-33(32)40(36)27-14-13-26-39(2)3/h5-12,16-25,34H,4,13-15,26-27H2,1-3H3,(H,38,41). The average Bonchev–Trinajstić information content (AvgIpc) is 3.31. The van der Waals surface area contributed by atoms with Gasteiger partial charge in [0.25, 0.3) is 5.91 Å². The maximum Gasteiger partial charge on any atom is 0.272 e. The maximum atomic E-state index is 14.4. The van der Waals surface area contributed by atoms with Gasteiger partial charge in [0.05, 0.1) is 0 Å². The van der Waals surface area contributed by atoms with Crippen LogP contribution >= 0.6 is 0 Å². The molecular weight excluding hydrogens is 502 g/mol. The number of carbonyl (C=O) groups excluding carboxylic acids is 1. The molecule has 1 heterocycles. The van der Waals surface area contributed by atoms with Crippen molar-refractivity contribution in [3.63, 3.8) is 0 Å². The second kappa shape index (κ2) is 13.5. The molecule has 0 aliphatic heterocycles. The number of anilines is 1. The summed E-state index contributed by atoms with van der Waals surface area (Å²) in [6.07, 6.45) is 4.19. The molecule has 41 heavy (non-hydrogen) atoms. The number of unbranched alkanes of at least 4 members (excludes halogenated alkanes) is 1. The van der Waals surface area contributed by atoms with Crippen LogP contribution in [0.3, 0.4) is 0 Å². The van der Waals surface area contributed by atoms with Gasteiger partial charge in [0.1, 0.15) is 5.69 Å². The molecule has 0 saturated heterocycles. The van der Waals surface area contributed by atoms with Crippen molar-refractivity contribution in [2.24, 2.45) is 0 Å². The van der Waals surface area contributed by atoms with Gasteiger partial charge < -0.3 is 14.8 Å². The zero-order valence-corrected chi connectivity index (χ0v) is 24.5. The molecule has 5 aromatic rings. The van der Waals surface area contributed by atoms with E-state index >= 15 is 0 Å². The number of para-hydroxylation sites is 1. The van der Waals surface area contributed by atoms with Crippen LogP contribution in [0, 0.1) is 0 Å². The van der Waals surface area contributed by atoms with Crippen LogP contribution in [0.1, 0.15) is 64.8 Å². The Bertz CT molecular complexity index is 1510. The van der Waals surface area contributed by atoms with Crippen LogP contribution in [0.5, 0.6) is 0 Å². The molecule has 0 aliphatic carbocycles. The van der Waals surface area contributed by atoms with Crippen molar-refractivity contribution in [1.82, 2.24) is 9.47 Å². The highest BCUT2D eigenvalue weighted by atomic mass is 16.2. The summed E-state index contributed by atoms with van der Waals surface area (Å²) in [5.41, 5.74) is 7.36. The van der Waals surface area contributed by atoms with Crippen LogP contribution in [-0.4, -0.2) is 36.0 Å². The predicted octanol–water partition coefficient (Wildman–Crippen LogP) is 8.37. The Balaban J connectivity index is 1.67. The number of benzene rings is 4. The lowest BCUT2D eigenvalue weighted by molar-refractivity contribution is 0.101. The highest BCUT2D eigenvalue weighted by Gasteiger charge is 2.30. The van der Waals surface area contributed by atoms with Crippen LogP contribution in [0.4, 0.5) is 5.69 Å². The minimum atomic E-state index is -0.0852. The normalized spacial score (nSPS) is 11.4. The third-order valence-corrected chi connectivity index (χ3v) is 7.77. The number of rotatable bonds is 12. The average molecular weight is 544 g/mol. The monoisotopic (exact) mass is 543 g/mol. The molecule has 0 saturated carbocycles. The smallest absolute Gasteiger partial charge is 0.272 e. The number of hydrogen-bond acceptors (Lipinski definition) is 2. The second-order valence-corrected chi connectivity index (χ2v) is 11.1. The van der Waals surface area contributed by atoms with Gasteiger partial charge in [-0.3, -0.25) is 4.79 Å². The number of carbonyl (C=O) groups is 1. The topological polar surface area (TPSA) is 37.3 Å². The number of hydrogen-bond donors (Lipinski definition) is 1. The molecule has 5 rings (SSSR count). The second-order valence-electron chi connectivity index (χ2n) is 11.1. The minimum Gasteiger partial charge on any atom is -0.336 e. The summed E-state index contributed by atoms with van der Waals surface area (Å²) in [7, 11) is 4.22. The van der Waals surface area contributed by atoms with E-state index in [1.165, 1.54) is 16.7 Å². The van der Waals surface area contributed by atoms with Crippen molar-refractivity contribution in [1.29, 1.82) is 0 Å². The van der Waals surface area contributed by atoms with Gasteiger partial charge in [0.2, 0.25) is 0 Å². The van der Waals surface area contributed by atoms with E-state index in [0.29, 0.717) is 0 Å². The summed E-state index contributed by atoms with van der Waals surface area (Å²) < 4.78 is 2.26. The van der Waals surface area contributed by atoms with Gasteiger partial charge in [-0.2, -0.15) is 0 Å². The Morgan fingerprint density at radius 1 is 0.780 bits per heavy atom. The van der Waals surface area contributed by atoms with Crippen LogP contribution in [0.25, 0.3) is 10.9 Å². The highest BCUT2D eigenvalue weighted by Crippen LogP contribution is 2.40. The molecule has 1 aromatic heterocycles. The molecule has 0 radical (unpaired) electrons. The fourth-order valence-corrected chi connectivity index (χ4v) is 5.85. The molecule has 1 N–H and O–H groups in total. The van der Waals surface area contributed by atoms with Gasteiger partial charge in [0, 0.05) is 34.6 Å². The molecule has 4 aromatic carbocycles. The lowest BCUT2D eigenvalue weighted by Crippen LogP contribution is -2.21. The molecule has 0 spiro atoms. The Hall–Kier alpha value is -4.15. The molecule has 0 fully saturated rings. The number of fused-ring (bicyclic) bond motifs is 1. The summed E-state index contributed by atoms with van der Waals surface area (Å²) >= 11 is 0. The van der Waals surface area contributed by atoms with Gasteiger partial charge in [0.15, 0.2) is 0 Å². The van der Waals surface area contributed by atoms with Crippen molar-refractivity contribution in [2.45, 2.75) is 45.1 Å². The maximum absolute atomic E-state index is 14.4. The molecule has 1 amide bonds. The third kappa shape index (κ3) is 6.61. The summed E-state index contributed by atoms with van der Waals surface area (Å²) in [6.45, 7) is 3.99. The lowest BCUT2D eigenvalue weighted by Gasteiger charge is -2.21. The Kier molecular flexibility index (Phi) is 9.33. The van der Waals surface area contributed by atoms with Gasteiger partial charge in [-0.05, 0) is 74.8 Å². The first-order valence-electron chi connectivity index (χ1n) is 14.8. The van der Waals surface area contributed by atoms with E-state index in [4.69, 9.17) is 0 Å². The number of aryl methyl sites for hydroxylation is 2. The number of aromatic nitrogens is 1. The van der Waals surface area contributed by atoms with Gasteiger partial charge in [-0.1, -0.05) is 104 Å². The van der Waals surface area contributed by atoms with Gasteiger partial charge in [-0.15, -0.1) is 0 Å². The summed E-state index contributed by atoms with van der Waals surface area (Å²) in [4.78, 5) is 16.6. The fraction of sp³-hybridized carbons (Fsp3) is 0.270. The van der Waals surface area contributed by atoms with Gasteiger partial charge in [-0.25, -0.2) is 0 Å². The van der Waals surface area contributed by atoms with Gasteiger partial charge >= 0.3 is 0 Å². The molecule has 0 unspecified atom stereocenters. The highest BCUT2D eigenvalue weighted by molar-refractivity contribution is 6.09. The van der Waals surface area contributed by atoms with Crippen LogP contribution < -0.4 is 5.32 Å². The van der Waals surface area contributed by atoms with E-state index in [2.05, 4.69) is 133 Å². The Morgan fingerprint density at radius 2 is 1.39 bits per heavy atom. The van der Waals surface area contributed by atoms with Crippen molar-refractivity contribution < 1.29 is 4.79 Å². The van der Waals surface area contributed by atoms with E-state index in [1.54, 1.807) is 0 Å². The van der Waals surface area contributed by atoms with Crippen molar-refractivity contribution in [3.05, 3.63) is 137 Å². The first-order chi connectivity index (χ1) is 20.1. The van der Waals surface area contributed by atoms with Crippen molar-refractivity contribution in [3.8, 4) is 0 Å². The van der Waals surface area contributed by atoms with Crippen molar-refractivity contribution >= 4 is 22.5 Å². The summed E-state index contributed by atoms with van der Waals surface area (Å²) in [5.74, 6) is -0.151. The first kappa shape index (κ1) is 28.4. The van der Waals surface area contributed by atoms with E-state index in [0.717, 1.165) is 66.6 Å². The summed E-state index contributed by atoms with van der Waals surface area (Å²) in [6, 6.07) is 37.9. The fourth-order valence-electron chi connectivity index (χ4n) is 5.85. The largest absolute Gasteiger partial charge is 0.336 e. The zero-order chi connectivity index (χ0) is 28.6. The zero-order valence-electron chi connectivity index (χ0n) is 24.5. The summed E-state index contributed by atoms with van der Waals surface area (Å²) in [5, 5.41) is 4.39. The van der Waals surface area contributed by atoms with E-state index in [-0.39, 0.29) is 11.8 Å². The van der Waals surface area contributed by atoms with Crippen LogP contribution in [0.2, 0.25) is 0 Å². The van der Waals surface area contributed by atoms with E-state index in [9.17, 15) is 4.79 Å². The third-order valence-electron chi connectivity index (χ3n) is 7.77. The first-order valence-corrected chi connectivity index (χ1v) is 14.8. The quantitative estimate of drug-likeness (QED) is 0.161. The molecule has 0 aliphatic rings. The molecule has 0 atom stereocenters. The SMILES string of the molecule is CCCc1ccc(NC(=O)c2c(C(c3ccccc3)c3ccccc3)c3ccccc3n2CCCCN(C)C)cc1. The van der Waals surface area contributed by atoms with Crippen LogP contribution in [0.15, 0.2) is 109 Å². The van der Waals surface area contributed by atoms with Crippen LogP contribution in [-0.2, 0) is 13.0 Å². The van der Waals surface area contributed by atoms with Crippen molar-refractivity contribution in [2.75, 3.05) is 26.0 Å². The molecule has 210 valence electrons. The number of nitrogens with one attached hydrogen (secondary N) is 1. The molecule has 4 heteroatoms. The lowest BCUT2D eigenvalue weighted by atomic mass is 9.83. The molecule has 4 nitrogen and oxygen atoms in total. The van der Waals surface area contributed by atoms with E-state index in [1.807, 2.05) is 12.1 Å². The molecular formula is C37H41N3O. The molecule has 0 bridgehead atoms. The predicted molar refractivity (Wildman–Crippen MR) is 172 cm³/mol.